The second kappa shape index (κ2) is 8.99. The highest BCUT2D eigenvalue weighted by molar-refractivity contribution is 5.88. The second-order valence-electron chi connectivity index (χ2n) is 7.17. The number of aromatic nitrogens is 2. The molecule has 1 atom stereocenters. The highest BCUT2D eigenvalue weighted by atomic mass is 16.2. The summed E-state index contributed by atoms with van der Waals surface area (Å²) in [6, 6.07) is -0.371. The second-order valence-corrected chi connectivity index (χ2v) is 7.17. The predicted molar refractivity (Wildman–Crippen MR) is 96.7 cm³/mol. The van der Waals surface area contributed by atoms with E-state index in [2.05, 4.69) is 36.0 Å². The smallest absolute Gasteiger partial charge is 0.237 e. The predicted octanol–water partition coefficient (Wildman–Crippen LogP) is 1.01. The zero-order valence-corrected chi connectivity index (χ0v) is 15.9. The van der Waals surface area contributed by atoms with Crippen LogP contribution in [0.4, 0.5) is 0 Å². The lowest BCUT2D eigenvalue weighted by molar-refractivity contribution is -0.139. The number of imidazole rings is 1. The topological polar surface area (TPSA) is 70.5 Å². The number of piperazine rings is 1. The molecule has 140 valence electrons. The Hall–Kier alpha value is -1.89. The van der Waals surface area contributed by atoms with Gasteiger partial charge < -0.3 is 14.8 Å². The third-order valence-electron chi connectivity index (χ3n) is 4.51. The molecule has 1 aromatic rings. The third kappa shape index (κ3) is 5.29. The van der Waals surface area contributed by atoms with Crippen LogP contribution in [0.3, 0.4) is 0 Å². The van der Waals surface area contributed by atoms with Crippen LogP contribution >= 0.6 is 0 Å². The molecule has 1 fully saturated rings. The van der Waals surface area contributed by atoms with E-state index in [0.29, 0.717) is 25.6 Å². The van der Waals surface area contributed by atoms with Gasteiger partial charge in [0.15, 0.2) is 0 Å². The molecule has 0 unspecified atom stereocenters. The number of rotatable bonds is 8. The molecule has 0 aliphatic carbocycles. The van der Waals surface area contributed by atoms with E-state index < -0.39 is 0 Å². The van der Waals surface area contributed by atoms with Crippen LogP contribution in [0.15, 0.2) is 12.4 Å². The fourth-order valence-electron chi connectivity index (χ4n) is 3.25. The van der Waals surface area contributed by atoms with Crippen molar-refractivity contribution in [2.75, 3.05) is 26.2 Å². The van der Waals surface area contributed by atoms with Crippen molar-refractivity contribution in [2.45, 2.75) is 46.2 Å². The van der Waals surface area contributed by atoms with Gasteiger partial charge >= 0.3 is 0 Å². The molecule has 0 bridgehead atoms. The summed E-state index contributed by atoms with van der Waals surface area (Å²) in [5.74, 6) is 1.30. The van der Waals surface area contributed by atoms with E-state index in [1.807, 2.05) is 22.7 Å². The Kier molecular flexibility index (Phi) is 6.99. The minimum Gasteiger partial charge on any atom is -0.353 e. The first-order valence-electron chi connectivity index (χ1n) is 9.18. The van der Waals surface area contributed by atoms with E-state index in [1.165, 1.54) is 0 Å². The van der Waals surface area contributed by atoms with Gasteiger partial charge in [-0.05, 0) is 12.3 Å². The van der Waals surface area contributed by atoms with Crippen molar-refractivity contribution in [3.63, 3.8) is 0 Å². The molecule has 1 aliphatic rings. The van der Waals surface area contributed by atoms with Crippen molar-refractivity contribution in [2.24, 2.45) is 13.0 Å². The first kappa shape index (κ1) is 19.4. The van der Waals surface area contributed by atoms with Crippen LogP contribution in [0, 0.1) is 5.92 Å². The van der Waals surface area contributed by atoms with Crippen molar-refractivity contribution < 1.29 is 9.59 Å². The van der Waals surface area contributed by atoms with Gasteiger partial charge in [-0.3, -0.25) is 14.5 Å². The van der Waals surface area contributed by atoms with E-state index in [1.54, 1.807) is 6.20 Å². The number of carbonyl (C=O) groups excluding carboxylic acids is 2. The van der Waals surface area contributed by atoms with Crippen LogP contribution in [-0.4, -0.2) is 63.4 Å². The van der Waals surface area contributed by atoms with Gasteiger partial charge in [0.05, 0.1) is 19.0 Å². The molecule has 0 spiro atoms. The minimum atomic E-state index is -0.371. The van der Waals surface area contributed by atoms with Crippen LogP contribution in [-0.2, 0) is 23.2 Å². The Bertz CT molecular complexity index is 584. The van der Waals surface area contributed by atoms with Gasteiger partial charge in [-0.15, -0.1) is 0 Å². The molecular weight excluding hydrogens is 318 g/mol. The van der Waals surface area contributed by atoms with Crippen molar-refractivity contribution in [3.8, 4) is 0 Å². The highest BCUT2D eigenvalue weighted by Gasteiger charge is 2.33. The fraction of sp³-hybridized carbons (Fsp3) is 0.722. The van der Waals surface area contributed by atoms with Crippen molar-refractivity contribution in [3.05, 3.63) is 18.2 Å². The molecule has 25 heavy (non-hydrogen) atoms. The number of carbonyl (C=O) groups is 2. The molecule has 1 saturated heterocycles. The summed E-state index contributed by atoms with van der Waals surface area (Å²) in [5, 5.41) is 2.90. The SMILES string of the molecule is CCCN(Cc1nccn1C)C(=O)C[C@H]1C(=O)NCCN1CC(C)C. The lowest BCUT2D eigenvalue weighted by Gasteiger charge is -2.36. The van der Waals surface area contributed by atoms with Gasteiger partial charge in [0, 0.05) is 45.6 Å². The van der Waals surface area contributed by atoms with Crippen LogP contribution in [0.5, 0.6) is 0 Å². The van der Waals surface area contributed by atoms with Crippen LogP contribution < -0.4 is 5.32 Å². The molecule has 1 aromatic heterocycles. The Balaban J connectivity index is 2.06. The summed E-state index contributed by atoms with van der Waals surface area (Å²) in [4.78, 5) is 33.5. The van der Waals surface area contributed by atoms with Gasteiger partial charge in [-0.25, -0.2) is 4.98 Å². The number of nitrogens with zero attached hydrogens (tertiary/aromatic N) is 4. The van der Waals surface area contributed by atoms with E-state index in [9.17, 15) is 9.59 Å². The fourth-order valence-corrected chi connectivity index (χ4v) is 3.25. The zero-order chi connectivity index (χ0) is 18.4. The summed E-state index contributed by atoms with van der Waals surface area (Å²) in [6.07, 6.45) is 4.72. The number of hydrogen-bond acceptors (Lipinski definition) is 4. The quantitative estimate of drug-likeness (QED) is 0.760. The van der Waals surface area contributed by atoms with Gasteiger partial charge in [-0.2, -0.15) is 0 Å². The molecule has 2 amide bonds. The molecule has 1 N–H and O–H groups in total. The average molecular weight is 349 g/mol. The summed E-state index contributed by atoms with van der Waals surface area (Å²) < 4.78 is 1.92. The Morgan fingerprint density at radius 3 is 2.84 bits per heavy atom. The van der Waals surface area contributed by atoms with Gasteiger partial charge in [-0.1, -0.05) is 20.8 Å². The Morgan fingerprint density at radius 1 is 1.48 bits per heavy atom. The molecule has 0 saturated carbocycles. The largest absolute Gasteiger partial charge is 0.353 e. The molecule has 1 aliphatic heterocycles. The van der Waals surface area contributed by atoms with Crippen LogP contribution in [0.1, 0.15) is 39.4 Å². The number of aryl methyl sites for hydroxylation is 1. The first-order chi connectivity index (χ1) is 11.9. The zero-order valence-electron chi connectivity index (χ0n) is 15.9. The molecule has 2 rings (SSSR count). The van der Waals surface area contributed by atoms with Crippen molar-refractivity contribution in [1.29, 1.82) is 0 Å². The number of amides is 2. The lowest BCUT2D eigenvalue weighted by atomic mass is 10.1. The Labute approximate surface area is 150 Å². The van der Waals surface area contributed by atoms with E-state index in [0.717, 1.165) is 25.3 Å². The number of hydrogen-bond donors (Lipinski definition) is 1. The van der Waals surface area contributed by atoms with E-state index in [-0.39, 0.29) is 24.3 Å². The monoisotopic (exact) mass is 349 g/mol. The maximum absolute atomic E-state index is 12.9. The molecule has 2 heterocycles. The molecule has 0 radical (unpaired) electrons. The van der Waals surface area contributed by atoms with Crippen molar-refractivity contribution >= 4 is 11.8 Å². The van der Waals surface area contributed by atoms with Gasteiger partial charge in [0.25, 0.3) is 0 Å². The molecule has 7 heteroatoms. The molecule has 7 nitrogen and oxygen atoms in total. The summed E-state index contributed by atoms with van der Waals surface area (Å²) in [5.41, 5.74) is 0. The first-order valence-corrected chi connectivity index (χ1v) is 9.18. The van der Waals surface area contributed by atoms with Gasteiger partial charge in [0.2, 0.25) is 11.8 Å². The van der Waals surface area contributed by atoms with E-state index >= 15 is 0 Å². The summed E-state index contributed by atoms with van der Waals surface area (Å²) in [7, 11) is 1.93. The standard InChI is InChI=1S/C18H31N5O2/c1-5-8-23(13-16-19-6-9-21(16)4)17(24)11-15-18(25)20-7-10-22(15)12-14(2)3/h6,9,14-15H,5,7-8,10-13H2,1-4H3,(H,20,25)/t15-/m0/s1. The van der Waals surface area contributed by atoms with Crippen LogP contribution in [0.25, 0.3) is 0 Å². The minimum absolute atomic E-state index is 0.0145. The Morgan fingerprint density at radius 2 is 2.24 bits per heavy atom. The molecular formula is C18H31N5O2. The summed E-state index contributed by atoms with van der Waals surface area (Å²) in [6.45, 7) is 9.76. The maximum atomic E-state index is 12.9. The lowest BCUT2D eigenvalue weighted by Crippen LogP contribution is -2.57. The third-order valence-corrected chi connectivity index (χ3v) is 4.51. The number of nitrogens with one attached hydrogen (secondary N) is 1. The normalized spacial score (nSPS) is 18.4. The van der Waals surface area contributed by atoms with Crippen molar-refractivity contribution in [1.82, 2.24) is 24.7 Å². The summed E-state index contributed by atoms with van der Waals surface area (Å²) >= 11 is 0. The van der Waals surface area contributed by atoms with Crippen LogP contribution in [0.2, 0.25) is 0 Å². The average Bonchev–Trinajstić information content (AvgIpc) is 2.95. The molecule has 0 aromatic carbocycles. The van der Waals surface area contributed by atoms with E-state index in [4.69, 9.17) is 0 Å². The highest BCUT2D eigenvalue weighted by Crippen LogP contribution is 2.14. The maximum Gasteiger partial charge on any atom is 0.237 e. The van der Waals surface area contributed by atoms with Gasteiger partial charge in [0.1, 0.15) is 5.82 Å².